The summed E-state index contributed by atoms with van der Waals surface area (Å²) < 4.78 is 47.8. The van der Waals surface area contributed by atoms with Crippen molar-refractivity contribution in [2.75, 3.05) is 0 Å². The number of carbonyl (C=O) groups excluding carboxylic acids is 4. The Kier molecular flexibility index (Phi) is 17.1. The largest absolute Gasteiger partial charge is 2.00 e. The smallest absolute Gasteiger partial charge is 0.389 e. The first-order chi connectivity index (χ1) is 38.3. The van der Waals surface area contributed by atoms with Crippen LogP contribution in [0.4, 0.5) is 21.6 Å². The molecule has 6 aromatic carbocycles. The monoisotopic (exact) mass is 1210 g/mol. The maximum Gasteiger partial charge on any atom is 2.00 e. The number of ketones is 2. The van der Waals surface area contributed by atoms with Crippen molar-refractivity contribution in [3.05, 3.63) is 234 Å². The number of nitrogens with two attached hydrogens (primary N) is 2. The van der Waals surface area contributed by atoms with Gasteiger partial charge in [-0.1, -0.05) is 133 Å². The van der Waals surface area contributed by atoms with Crippen LogP contribution in [0.25, 0.3) is 44.5 Å². The average Bonchev–Trinajstić information content (AvgIpc) is 4.50. The van der Waals surface area contributed by atoms with Crippen molar-refractivity contribution in [2.45, 2.75) is 8.68 Å². The van der Waals surface area contributed by atoms with E-state index in [1.165, 1.54) is 57.9 Å². The zero-order valence-corrected chi connectivity index (χ0v) is 44.8. The fourth-order valence-electron chi connectivity index (χ4n) is 7.61. The molecule has 0 aliphatic carbocycles. The first-order valence-corrected chi connectivity index (χ1v) is 27.3. The molecule has 408 valence electrons. The maximum absolute atomic E-state index is 13.9. The molecule has 4 N–H and O–H groups in total. The van der Waals surface area contributed by atoms with E-state index in [0.717, 1.165) is 0 Å². The minimum absolute atomic E-state index is 0. The van der Waals surface area contributed by atoms with E-state index in [4.69, 9.17) is 10.3 Å². The molecule has 31 heteroatoms. The predicted molar refractivity (Wildman–Crippen MR) is 288 cm³/mol. The van der Waals surface area contributed by atoms with Gasteiger partial charge < -0.3 is 20.8 Å². The Hall–Kier alpha value is -9.75. The van der Waals surface area contributed by atoms with Crippen LogP contribution in [0.15, 0.2) is 179 Å². The van der Waals surface area contributed by atoms with Gasteiger partial charge in [0.15, 0.2) is 23.4 Å². The second kappa shape index (κ2) is 24.1. The van der Waals surface area contributed by atoms with Crippen LogP contribution < -0.4 is 10.3 Å². The number of benzene rings is 6. The van der Waals surface area contributed by atoms with Gasteiger partial charge in [-0.25, -0.2) is 46.7 Å². The predicted octanol–water partition coefficient (Wildman–Crippen LogP) is 8.04. The number of primary sulfonamides is 2. The molecule has 0 aliphatic rings. The third kappa shape index (κ3) is 12.7. The van der Waals surface area contributed by atoms with Crippen LogP contribution in [0.1, 0.15) is 52.8 Å². The molecule has 0 aliphatic heterocycles. The van der Waals surface area contributed by atoms with Gasteiger partial charge in [0, 0.05) is 56.8 Å². The van der Waals surface area contributed by atoms with Crippen molar-refractivity contribution in [1.82, 2.24) is 40.0 Å². The van der Waals surface area contributed by atoms with E-state index in [2.05, 4.69) is 41.2 Å². The van der Waals surface area contributed by atoms with Crippen molar-refractivity contribution in [3.8, 4) is 33.9 Å². The molecule has 81 heavy (non-hydrogen) atoms. The number of nitrogens with zero attached hydrogens (tertiary/aromatic N) is 12. The van der Waals surface area contributed by atoms with E-state index < -0.39 is 62.0 Å². The molecule has 26 nitrogen and oxygen atoms in total. The number of carbonyl (C=O) groups is 4. The van der Waals surface area contributed by atoms with E-state index in [1.807, 2.05) is 0 Å². The fraction of sp³-hybridized carbons (Fsp3) is 0. The van der Waals surface area contributed by atoms with Gasteiger partial charge in [-0.15, -0.1) is 22.7 Å². The minimum Gasteiger partial charge on any atom is -0.389 e. The van der Waals surface area contributed by atoms with Gasteiger partial charge >= 0.3 is 16.5 Å². The second-order valence-electron chi connectivity index (χ2n) is 16.3. The number of nitro groups is 2. The van der Waals surface area contributed by atoms with Crippen molar-refractivity contribution < 1.29 is 62.4 Å². The molecule has 0 radical (unpaired) electrons. The van der Waals surface area contributed by atoms with E-state index >= 15 is 0 Å². The number of aromatic nitrogens is 8. The van der Waals surface area contributed by atoms with Gasteiger partial charge in [0.1, 0.15) is 11.4 Å². The number of hydrogen-bond donors (Lipinski definition) is 2. The standard InChI is InChI=1S/2C25H17N7O6S2.Ni/c2*26-40(37,38)25-29-28-24(39-25)27-23(34)20-19(22(33)16-10-5-2-6-11-16)21(15-8-3-1-4-9-15)31(30-20)17-12-7-13-18(14-17)32(35)36;/h2*1-14H,(H3,26,27,28,34,37,38);/q;;+2/p-2. The Morgan fingerprint density at radius 1 is 0.481 bits per heavy atom. The third-order valence-corrected chi connectivity index (χ3v) is 15.3. The molecule has 0 spiro atoms. The summed E-state index contributed by atoms with van der Waals surface area (Å²) in [6.07, 6.45) is 0. The molecule has 10 aromatic rings. The Morgan fingerprint density at radius 3 is 1.12 bits per heavy atom. The average molecular weight is 1210 g/mol. The molecule has 4 heterocycles. The number of hydrogen-bond acceptors (Lipinski definition) is 20. The molecule has 0 fully saturated rings. The van der Waals surface area contributed by atoms with E-state index in [1.54, 1.807) is 121 Å². The maximum atomic E-state index is 13.9. The van der Waals surface area contributed by atoms with Crippen LogP contribution in [-0.4, -0.2) is 90.0 Å². The summed E-state index contributed by atoms with van der Waals surface area (Å²) in [5.74, 6) is -3.15. The Morgan fingerprint density at radius 2 is 0.815 bits per heavy atom. The molecule has 0 saturated carbocycles. The Labute approximate surface area is 474 Å². The number of sulfonamides is 2. The van der Waals surface area contributed by atoms with E-state index in [-0.39, 0.29) is 94.5 Å². The van der Waals surface area contributed by atoms with E-state index in [9.17, 15) is 56.2 Å². The van der Waals surface area contributed by atoms with Crippen LogP contribution in [0.3, 0.4) is 0 Å². The fourth-order valence-corrected chi connectivity index (χ4v) is 10.2. The van der Waals surface area contributed by atoms with Gasteiger partial charge in [0.2, 0.25) is 8.68 Å². The molecular formula is C50H32N14NiO12S4. The zero-order chi connectivity index (χ0) is 56.9. The number of nitro benzene ring substituents is 2. The molecule has 0 atom stereocenters. The van der Waals surface area contributed by atoms with Crippen molar-refractivity contribution in [1.29, 1.82) is 0 Å². The summed E-state index contributed by atoms with van der Waals surface area (Å²) in [7, 11) is -8.36. The zero-order valence-electron chi connectivity index (χ0n) is 40.5. The molecule has 4 aromatic heterocycles. The summed E-state index contributed by atoms with van der Waals surface area (Å²) in [6, 6.07) is 44.6. The second-order valence-corrected chi connectivity index (χ2v) is 21.7. The van der Waals surface area contributed by atoms with Crippen LogP contribution in [-0.2, 0) is 36.5 Å². The normalized spacial score (nSPS) is 11.1. The molecule has 0 bridgehead atoms. The first-order valence-electron chi connectivity index (χ1n) is 22.6. The number of rotatable bonds is 16. The van der Waals surface area contributed by atoms with Gasteiger partial charge in [-0.3, -0.25) is 39.4 Å². The Balaban J connectivity index is 0.000000210. The summed E-state index contributed by atoms with van der Waals surface area (Å²) in [6.45, 7) is 0. The van der Waals surface area contributed by atoms with Crippen LogP contribution >= 0.6 is 22.7 Å². The number of amides is 2. The molecule has 0 unspecified atom stereocenters. The topological polar surface area (TPSA) is 390 Å². The van der Waals surface area contributed by atoms with Crippen LogP contribution in [0, 0.1) is 20.2 Å². The van der Waals surface area contributed by atoms with Gasteiger partial charge in [-0.2, -0.15) is 10.2 Å². The molecule has 10 rings (SSSR count). The van der Waals surface area contributed by atoms with E-state index in [0.29, 0.717) is 33.8 Å². The van der Waals surface area contributed by atoms with Crippen LogP contribution in [0.5, 0.6) is 0 Å². The summed E-state index contributed by atoms with van der Waals surface area (Å²) in [5.41, 5.74) is 0.824. The summed E-state index contributed by atoms with van der Waals surface area (Å²) in [4.78, 5) is 76.6. The molecule has 2 amide bonds. The SMILES string of the molecule is NS(=O)(=O)c1nnc([N-]C(=O)c2nn(-c3cccc([N+](=O)[O-])c3)c(-c3ccccc3)c2C(=O)c2ccccc2)s1.NS(=O)(=O)c1nnc([N-]C(=O)c2nn(-c3cccc([N+](=O)[O-])c3)c(-c3ccccc3)c2C(=O)c2ccccc2)s1.[Ni+2]. The summed E-state index contributed by atoms with van der Waals surface area (Å²) in [5, 5.41) is 63.0. The van der Waals surface area contributed by atoms with Gasteiger partial charge in [0.05, 0.1) is 43.7 Å². The van der Waals surface area contributed by atoms with Crippen molar-refractivity contribution >= 4 is 87.7 Å². The van der Waals surface area contributed by atoms with Gasteiger partial charge in [0.25, 0.3) is 31.4 Å². The molecular weight excluding hydrogens is 1180 g/mol. The summed E-state index contributed by atoms with van der Waals surface area (Å²) >= 11 is 0.930. The minimum atomic E-state index is -4.18. The molecule has 0 saturated heterocycles. The Bertz CT molecular complexity index is 4020. The number of non-ortho nitro benzene ring substituents is 2. The van der Waals surface area contributed by atoms with Crippen LogP contribution in [0.2, 0.25) is 0 Å². The van der Waals surface area contributed by atoms with Crippen molar-refractivity contribution in [2.24, 2.45) is 10.3 Å². The van der Waals surface area contributed by atoms with Gasteiger partial charge in [-0.05, 0) is 12.1 Å². The first kappa shape index (κ1) is 57.4. The quantitative estimate of drug-likeness (QED) is 0.0303. The third-order valence-electron chi connectivity index (χ3n) is 11.0. The van der Waals surface area contributed by atoms with Crippen molar-refractivity contribution in [3.63, 3.8) is 0 Å².